The van der Waals surface area contributed by atoms with Gasteiger partial charge in [0.25, 0.3) is 15.9 Å². The lowest BCUT2D eigenvalue weighted by atomic mass is 10.2. The summed E-state index contributed by atoms with van der Waals surface area (Å²) in [6, 6.07) is 17.0. The van der Waals surface area contributed by atoms with Crippen molar-refractivity contribution in [2.45, 2.75) is 25.3 Å². The Morgan fingerprint density at radius 3 is 2.63 bits per heavy atom. The predicted octanol–water partition coefficient (Wildman–Crippen LogP) is 4.73. The molecule has 10 heteroatoms. The summed E-state index contributed by atoms with van der Waals surface area (Å²) in [5.41, 5.74) is 2.16. The molecule has 0 atom stereocenters. The maximum absolute atomic E-state index is 13.8. The van der Waals surface area contributed by atoms with E-state index >= 15 is 0 Å². The van der Waals surface area contributed by atoms with Crippen molar-refractivity contribution in [3.8, 4) is 0 Å². The second kappa shape index (κ2) is 10.5. The molecule has 182 valence electrons. The number of fused-ring (bicyclic) bond motifs is 1. The van der Waals surface area contributed by atoms with Crippen molar-refractivity contribution >= 4 is 43.2 Å². The van der Waals surface area contributed by atoms with Crippen LogP contribution >= 0.6 is 11.3 Å². The summed E-state index contributed by atoms with van der Waals surface area (Å²) in [5, 5.41) is 0. The number of aryl methyl sites for hydroxylation is 1. The van der Waals surface area contributed by atoms with Crippen LogP contribution < -0.4 is 9.52 Å². The molecule has 0 fully saturated rings. The predicted molar refractivity (Wildman–Crippen MR) is 135 cm³/mol. The molecule has 1 heterocycles. The minimum atomic E-state index is -3.82. The summed E-state index contributed by atoms with van der Waals surface area (Å²) >= 11 is 1.20. The Bertz CT molecular complexity index is 1540. The first-order chi connectivity index (χ1) is 16.8. The number of sulfonamides is 1. The van der Waals surface area contributed by atoms with E-state index in [0.717, 1.165) is 11.1 Å². The number of hydrogen-bond acceptors (Lipinski definition) is 5. The quantitative estimate of drug-likeness (QED) is 0.345. The van der Waals surface area contributed by atoms with Gasteiger partial charge >= 0.3 is 0 Å². The highest BCUT2D eigenvalue weighted by molar-refractivity contribution is 7.92. The van der Waals surface area contributed by atoms with Crippen LogP contribution in [0.4, 0.5) is 10.1 Å². The minimum Gasteiger partial charge on any atom is -0.380 e. The SMILES string of the molecule is CCOCCn1c(=NC(=O)c2cccc(NS(=O)(=O)c3ccc(C)cc3)c2)sc2cc(F)ccc21. The lowest BCUT2D eigenvalue weighted by Gasteiger charge is -2.09. The molecule has 3 aromatic carbocycles. The van der Waals surface area contributed by atoms with Crippen LogP contribution in [0.3, 0.4) is 0 Å². The van der Waals surface area contributed by atoms with Crippen molar-refractivity contribution in [1.82, 2.24) is 4.57 Å². The number of benzene rings is 3. The maximum Gasteiger partial charge on any atom is 0.279 e. The Hall–Kier alpha value is -3.34. The minimum absolute atomic E-state index is 0.123. The van der Waals surface area contributed by atoms with Crippen LogP contribution in [0.2, 0.25) is 0 Å². The Morgan fingerprint density at radius 2 is 1.89 bits per heavy atom. The van der Waals surface area contributed by atoms with Crippen molar-refractivity contribution in [3.05, 3.63) is 88.5 Å². The van der Waals surface area contributed by atoms with Gasteiger partial charge in [0, 0.05) is 24.4 Å². The number of ether oxygens (including phenoxy) is 1. The molecule has 4 rings (SSSR count). The Morgan fingerprint density at radius 1 is 1.11 bits per heavy atom. The molecule has 4 aromatic rings. The maximum atomic E-state index is 13.8. The van der Waals surface area contributed by atoms with Gasteiger partial charge in [-0.05, 0) is 62.4 Å². The Kier molecular flexibility index (Phi) is 7.44. The first-order valence-electron chi connectivity index (χ1n) is 10.9. The summed E-state index contributed by atoms with van der Waals surface area (Å²) in [4.78, 5) is 17.8. The second-order valence-corrected chi connectivity index (χ2v) is 10.5. The summed E-state index contributed by atoms with van der Waals surface area (Å²) in [6.07, 6.45) is 0. The van der Waals surface area contributed by atoms with Crippen molar-refractivity contribution < 1.29 is 22.3 Å². The number of rotatable bonds is 8. The molecular formula is C25H24FN3O4S2. The van der Waals surface area contributed by atoms with Gasteiger partial charge in [0.1, 0.15) is 5.82 Å². The molecule has 0 saturated carbocycles. The number of aromatic nitrogens is 1. The fourth-order valence-corrected chi connectivity index (χ4v) is 5.58. The van der Waals surface area contributed by atoms with Gasteiger partial charge in [-0.2, -0.15) is 4.99 Å². The normalized spacial score (nSPS) is 12.3. The largest absolute Gasteiger partial charge is 0.380 e. The smallest absolute Gasteiger partial charge is 0.279 e. The van der Waals surface area contributed by atoms with Crippen LogP contribution in [0.5, 0.6) is 0 Å². The number of carbonyl (C=O) groups is 1. The van der Waals surface area contributed by atoms with Gasteiger partial charge in [-0.15, -0.1) is 0 Å². The summed E-state index contributed by atoms with van der Waals surface area (Å²) in [7, 11) is -3.82. The molecule has 0 radical (unpaired) electrons. The number of amides is 1. The van der Waals surface area contributed by atoms with Crippen LogP contribution in [0.25, 0.3) is 10.2 Å². The van der Waals surface area contributed by atoms with Crippen molar-refractivity contribution in [3.63, 3.8) is 0 Å². The Labute approximate surface area is 206 Å². The van der Waals surface area contributed by atoms with E-state index in [9.17, 15) is 17.6 Å². The van der Waals surface area contributed by atoms with Gasteiger partial charge in [-0.3, -0.25) is 9.52 Å². The highest BCUT2D eigenvalue weighted by atomic mass is 32.2. The van der Waals surface area contributed by atoms with Crippen molar-refractivity contribution in [2.75, 3.05) is 17.9 Å². The molecule has 0 aliphatic heterocycles. The van der Waals surface area contributed by atoms with Gasteiger partial charge in [-0.1, -0.05) is 35.1 Å². The third-order valence-corrected chi connectivity index (χ3v) is 7.64. The van der Waals surface area contributed by atoms with E-state index in [1.165, 1.54) is 41.7 Å². The zero-order chi connectivity index (χ0) is 25.0. The topological polar surface area (TPSA) is 89.8 Å². The molecule has 7 nitrogen and oxygen atoms in total. The highest BCUT2D eigenvalue weighted by Crippen LogP contribution is 2.20. The van der Waals surface area contributed by atoms with Crippen LogP contribution in [0.15, 0.2) is 76.6 Å². The molecule has 0 saturated heterocycles. The molecule has 35 heavy (non-hydrogen) atoms. The van der Waals surface area contributed by atoms with E-state index in [4.69, 9.17) is 4.74 Å². The molecule has 1 N–H and O–H groups in total. The van der Waals surface area contributed by atoms with Crippen LogP contribution in [-0.2, 0) is 21.3 Å². The fraction of sp³-hybridized carbons (Fsp3) is 0.200. The van der Waals surface area contributed by atoms with E-state index in [2.05, 4.69) is 9.71 Å². The molecule has 0 unspecified atom stereocenters. The van der Waals surface area contributed by atoms with Gasteiger partial charge < -0.3 is 9.30 Å². The van der Waals surface area contributed by atoms with Crippen LogP contribution in [0.1, 0.15) is 22.8 Å². The van der Waals surface area contributed by atoms with Gasteiger partial charge in [-0.25, -0.2) is 12.8 Å². The van der Waals surface area contributed by atoms with Crippen molar-refractivity contribution in [2.24, 2.45) is 4.99 Å². The number of nitrogens with one attached hydrogen (secondary N) is 1. The average molecular weight is 514 g/mol. The third-order valence-electron chi connectivity index (χ3n) is 5.20. The lowest BCUT2D eigenvalue weighted by Crippen LogP contribution is -2.20. The van der Waals surface area contributed by atoms with Crippen molar-refractivity contribution in [1.29, 1.82) is 0 Å². The number of anilines is 1. The average Bonchev–Trinajstić information content (AvgIpc) is 3.15. The zero-order valence-corrected chi connectivity index (χ0v) is 20.8. The van der Waals surface area contributed by atoms with E-state index in [0.29, 0.717) is 29.3 Å². The van der Waals surface area contributed by atoms with E-state index in [1.54, 1.807) is 36.4 Å². The highest BCUT2D eigenvalue weighted by Gasteiger charge is 2.15. The molecule has 0 spiro atoms. The molecule has 0 aliphatic carbocycles. The van der Waals surface area contributed by atoms with Crippen LogP contribution in [0, 0.1) is 12.7 Å². The molecule has 1 amide bonds. The summed E-state index contributed by atoms with van der Waals surface area (Å²) in [5.74, 6) is -0.916. The lowest BCUT2D eigenvalue weighted by molar-refractivity contribution is 0.0996. The fourth-order valence-electron chi connectivity index (χ4n) is 3.45. The molecule has 0 aliphatic rings. The van der Waals surface area contributed by atoms with Gasteiger partial charge in [0.15, 0.2) is 4.80 Å². The molecular weight excluding hydrogens is 489 g/mol. The zero-order valence-electron chi connectivity index (χ0n) is 19.2. The van der Waals surface area contributed by atoms with E-state index in [1.807, 2.05) is 18.4 Å². The number of halogens is 1. The first-order valence-corrected chi connectivity index (χ1v) is 13.2. The summed E-state index contributed by atoms with van der Waals surface area (Å²) in [6.45, 7) is 5.17. The Balaban J connectivity index is 1.65. The van der Waals surface area contributed by atoms with E-state index in [-0.39, 0.29) is 22.0 Å². The standard InChI is InChI=1S/C25H24FN3O4S2/c1-3-33-14-13-29-22-12-9-19(26)16-23(22)34-25(29)27-24(30)18-5-4-6-20(15-18)28-35(31,32)21-10-7-17(2)8-11-21/h4-12,15-16,28H,3,13-14H2,1-2H3. The molecule has 1 aromatic heterocycles. The first kappa shape index (κ1) is 24.8. The monoisotopic (exact) mass is 513 g/mol. The van der Waals surface area contributed by atoms with Crippen LogP contribution in [-0.4, -0.2) is 32.1 Å². The number of thiazole rings is 1. The van der Waals surface area contributed by atoms with E-state index < -0.39 is 15.9 Å². The van der Waals surface area contributed by atoms with Gasteiger partial charge in [0.2, 0.25) is 0 Å². The second-order valence-electron chi connectivity index (χ2n) is 7.76. The number of carbonyl (C=O) groups excluding carboxylic acids is 1. The van der Waals surface area contributed by atoms with Gasteiger partial charge in [0.05, 0.1) is 21.7 Å². The molecule has 0 bridgehead atoms. The summed E-state index contributed by atoms with van der Waals surface area (Å²) < 4.78 is 49.6. The number of nitrogens with zero attached hydrogens (tertiary/aromatic N) is 2. The third kappa shape index (κ3) is 5.84. The number of hydrogen-bond donors (Lipinski definition) is 1.